The van der Waals surface area contributed by atoms with Gasteiger partial charge in [0.25, 0.3) is 30.4 Å². The van der Waals surface area contributed by atoms with Crippen molar-refractivity contribution in [3.63, 3.8) is 0 Å². The highest BCUT2D eigenvalue weighted by Gasteiger charge is 2.17. The number of nitrogen functional groups attached to an aromatic ring is 1. The molecule has 19 nitrogen and oxygen atoms in total. The van der Waals surface area contributed by atoms with Crippen molar-refractivity contribution < 1.29 is 48.8 Å². The van der Waals surface area contributed by atoms with Gasteiger partial charge in [-0.3, -0.25) is 13.7 Å². The van der Waals surface area contributed by atoms with Gasteiger partial charge in [0.2, 0.25) is 0 Å². The Balaban J connectivity index is 1.19. The minimum atomic E-state index is -4.67. The lowest BCUT2D eigenvalue weighted by molar-refractivity contribution is 0.317. The summed E-state index contributed by atoms with van der Waals surface area (Å²) in [5.41, 5.74) is 8.03. The van der Waals surface area contributed by atoms with E-state index in [1.165, 1.54) is 60.7 Å². The van der Waals surface area contributed by atoms with E-state index in [4.69, 9.17) is 15.0 Å². The maximum atomic E-state index is 12.2. The number of fused-ring (bicyclic) bond motifs is 2. The van der Waals surface area contributed by atoms with E-state index in [-0.39, 0.29) is 58.3 Å². The van der Waals surface area contributed by atoms with Gasteiger partial charge in [-0.1, -0.05) is 30.3 Å². The fraction of sp³-hybridized carbons (Fsp3) is 0.0732. The van der Waals surface area contributed by atoms with Gasteiger partial charge < -0.3 is 20.9 Å². The smallest absolute Gasteiger partial charge is 0.296 e. The zero-order chi connectivity index (χ0) is 44.9. The van der Waals surface area contributed by atoms with E-state index in [2.05, 4.69) is 36.0 Å². The predicted octanol–water partition coefficient (Wildman–Crippen LogP) is 10.4. The first-order chi connectivity index (χ1) is 29.9. The van der Waals surface area contributed by atoms with E-state index < -0.39 is 45.9 Å². The van der Waals surface area contributed by atoms with Crippen LogP contribution in [-0.4, -0.2) is 56.4 Å². The summed E-state index contributed by atoms with van der Waals surface area (Å²) in [6.07, 6.45) is -0.0344. The van der Waals surface area contributed by atoms with Crippen LogP contribution in [0.5, 0.6) is 11.5 Å². The molecule has 0 heterocycles. The fourth-order valence-corrected chi connectivity index (χ4v) is 7.74. The Kier molecular flexibility index (Phi) is 12.5. The average Bonchev–Trinajstić information content (AvgIpc) is 3.24. The number of ether oxygens (including phenoxy) is 1. The lowest BCUT2D eigenvalue weighted by Gasteiger charge is -2.11. The van der Waals surface area contributed by atoms with Crippen LogP contribution >= 0.6 is 0 Å². The van der Waals surface area contributed by atoms with Crippen molar-refractivity contribution in [1.82, 2.24) is 0 Å². The van der Waals surface area contributed by atoms with E-state index in [1.807, 2.05) is 6.07 Å². The van der Waals surface area contributed by atoms with Crippen LogP contribution in [-0.2, 0) is 30.4 Å². The lowest BCUT2D eigenvalue weighted by atomic mass is 10.1. The Morgan fingerprint density at radius 1 is 0.556 bits per heavy atom. The van der Waals surface area contributed by atoms with Gasteiger partial charge in [0.15, 0.2) is 5.75 Å². The highest BCUT2D eigenvalue weighted by atomic mass is 32.2. The number of nitrogens with two attached hydrogens (primary N) is 1. The molecule has 0 fully saturated rings. The van der Waals surface area contributed by atoms with Crippen LogP contribution in [0.2, 0.25) is 0 Å². The van der Waals surface area contributed by atoms with Crippen molar-refractivity contribution in [2.24, 2.45) is 30.7 Å². The number of phenolic OH excluding ortho intramolecular Hbond substituents is 1. The summed E-state index contributed by atoms with van der Waals surface area (Å²) in [7, 11) is -13.5. The number of phenols is 1. The molecule has 0 spiro atoms. The molecular weight excluding hydrogens is 877 g/mol. The number of nitrogens with zero attached hydrogens (tertiary/aromatic N) is 6. The normalized spacial score (nSPS) is 12.6. The first-order valence-electron chi connectivity index (χ1n) is 18.4. The molecule has 22 heteroatoms. The van der Waals surface area contributed by atoms with Gasteiger partial charge >= 0.3 is 0 Å². The van der Waals surface area contributed by atoms with Gasteiger partial charge in [0.05, 0.1) is 45.7 Å². The van der Waals surface area contributed by atoms with Crippen LogP contribution in [0.4, 0.5) is 51.2 Å². The van der Waals surface area contributed by atoms with E-state index in [1.54, 1.807) is 60.7 Å². The molecular formula is C41H34N8O11S3. The standard InChI is InChI=1S/C41H34N8O11S3/c42-34-14-9-28(23-40(34)63(57,58)59)43-27-8-12-31-25(21-27)7-15-38(41(31)50)49-47-36-18-17-35(32-13-11-30(24-33(32)36)62(54,55)56)46-48-37-16-10-29(45-44-26-5-2-1-3-6-26)22-39(37)60-19-4-20-61(51,52)53/h1-3,5-18,21-24,43,50H,4,19-20,42H2,(H,51,52,53)(H,54,55,56)(H,57,58,59). The van der Waals surface area contributed by atoms with Crippen LogP contribution in [0, 0.1) is 0 Å². The molecule has 7 rings (SSSR count). The molecule has 0 atom stereocenters. The Morgan fingerprint density at radius 2 is 1.17 bits per heavy atom. The summed E-state index contributed by atoms with van der Waals surface area (Å²) in [5.74, 6) is -0.600. The monoisotopic (exact) mass is 910 g/mol. The number of azo groups is 3. The molecule has 0 radical (unpaired) electrons. The molecule has 7 aromatic rings. The molecule has 0 unspecified atom stereocenters. The van der Waals surface area contributed by atoms with Crippen LogP contribution in [0.1, 0.15) is 6.42 Å². The number of anilines is 3. The summed E-state index contributed by atoms with van der Waals surface area (Å²) in [5, 5.41) is 41.5. The second-order valence-corrected chi connectivity index (χ2v) is 18.0. The minimum absolute atomic E-state index is 0.0344. The lowest BCUT2D eigenvalue weighted by Crippen LogP contribution is -2.08. The fourth-order valence-electron chi connectivity index (χ4n) is 6.11. The Labute approximate surface area is 359 Å². The van der Waals surface area contributed by atoms with Crippen molar-refractivity contribution in [2.45, 2.75) is 16.2 Å². The molecule has 0 aliphatic rings. The van der Waals surface area contributed by atoms with Crippen LogP contribution < -0.4 is 15.8 Å². The van der Waals surface area contributed by atoms with Crippen molar-refractivity contribution in [2.75, 3.05) is 23.4 Å². The largest absolute Gasteiger partial charge is 0.505 e. The summed E-state index contributed by atoms with van der Waals surface area (Å²) in [6, 6.07) is 32.5. The number of rotatable bonds is 15. The summed E-state index contributed by atoms with van der Waals surface area (Å²) in [6.45, 7) is -0.110. The topological polar surface area (TPSA) is 305 Å². The second kappa shape index (κ2) is 18.0. The molecule has 0 amide bonds. The summed E-state index contributed by atoms with van der Waals surface area (Å²) in [4.78, 5) is -0.894. The van der Waals surface area contributed by atoms with Crippen molar-refractivity contribution in [3.8, 4) is 11.5 Å². The van der Waals surface area contributed by atoms with Crippen LogP contribution in [0.25, 0.3) is 21.5 Å². The zero-order valence-electron chi connectivity index (χ0n) is 32.4. The number of benzene rings is 7. The van der Waals surface area contributed by atoms with Gasteiger partial charge in [-0.15, -0.1) is 20.5 Å². The number of nitrogens with one attached hydrogen (secondary N) is 1. The maximum Gasteiger partial charge on any atom is 0.296 e. The predicted molar refractivity (Wildman–Crippen MR) is 235 cm³/mol. The average molecular weight is 911 g/mol. The number of hydrogen-bond acceptors (Lipinski definition) is 16. The van der Waals surface area contributed by atoms with E-state index in [0.717, 1.165) is 0 Å². The maximum absolute atomic E-state index is 12.2. The molecule has 7 aromatic carbocycles. The highest BCUT2D eigenvalue weighted by molar-refractivity contribution is 7.86. The molecule has 0 aliphatic carbocycles. The van der Waals surface area contributed by atoms with Crippen molar-refractivity contribution >= 4 is 103 Å². The number of hydrogen-bond donors (Lipinski definition) is 6. The summed E-state index contributed by atoms with van der Waals surface area (Å²) < 4.78 is 105. The second-order valence-electron chi connectivity index (χ2n) is 13.6. The van der Waals surface area contributed by atoms with Gasteiger partial charge in [0.1, 0.15) is 22.0 Å². The quantitative estimate of drug-likeness (QED) is 0.0242. The third-order valence-electron chi connectivity index (χ3n) is 9.11. The van der Waals surface area contributed by atoms with Gasteiger partial charge in [-0.05, 0) is 103 Å². The van der Waals surface area contributed by atoms with Crippen LogP contribution in [0.15, 0.2) is 168 Å². The third-order valence-corrected chi connectivity index (χ3v) is 11.7. The molecule has 0 aromatic heterocycles. The number of aromatic hydroxyl groups is 1. The van der Waals surface area contributed by atoms with Gasteiger partial charge in [-0.2, -0.15) is 35.5 Å². The van der Waals surface area contributed by atoms with E-state index in [9.17, 15) is 39.5 Å². The van der Waals surface area contributed by atoms with Crippen LogP contribution in [0.3, 0.4) is 0 Å². The SMILES string of the molecule is Nc1ccc(Nc2ccc3c(O)c(N=Nc4ccc(N=Nc5ccc(N=Nc6ccccc6)cc5OCCCS(=O)(=O)O)c5ccc(S(=O)(=O)O)cc45)ccc3c2)cc1S(=O)(=O)O. The minimum Gasteiger partial charge on any atom is -0.505 e. The molecule has 63 heavy (non-hydrogen) atoms. The molecule has 0 bridgehead atoms. The van der Waals surface area contributed by atoms with Gasteiger partial charge in [0, 0.05) is 33.6 Å². The Bertz CT molecular complexity index is 3330. The Hall–Kier alpha value is -7.21. The molecule has 0 saturated carbocycles. The summed E-state index contributed by atoms with van der Waals surface area (Å²) >= 11 is 0. The molecule has 0 saturated heterocycles. The first kappa shape index (κ1) is 43.9. The van der Waals surface area contributed by atoms with E-state index >= 15 is 0 Å². The molecule has 0 aliphatic heterocycles. The molecule has 7 N–H and O–H groups in total. The van der Waals surface area contributed by atoms with Gasteiger partial charge in [-0.25, -0.2) is 0 Å². The zero-order valence-corrected chi connectivity index (χ0v) is 34.8. The highest BCUT2D eigenvalue weighted by Crippen LogP contribution is 2.41. The van der Waals surface area contributed by atoms with Crippen molar-refractivity contribution in [1.29, 1.82) is 0 Å². The first-order valence-corrected chi connectivity index (χ1v) is 22.9. The van der Waals surface area contributed by atoms with Crippen molar-refractivity contribution in [3.05, 3.63) is 127 Å². The van der Waals surface area contributed by atoms with E-state index in [0.29, 0.717) is 38.9 Å². The molecule has 322 valence electrons. The Morgan fingerprint density at radius 3 is 1.89 bits per heavy atom. The third kappa shape index (κ3) is 11.0.